The van der Waals surface area contributed by atoms with E-state index in [2.05, 4.69) is 67.5 Å². The summed E-state index contributed by atoms with van der Waals surface area (Å²) in [4.78, 5) is 12.2. The summed E-state index contributed by atoms with van der Waals surface area (Å²) in [6, 6.07) is 8.61. The zero-order valence-electron chi connectivity index (χ0n) is 15.6. The second kappa shape index (κ2) is 8.43. The highest BCUT2D eigenvalue weighted by Gasteiger charge is 2.13. The third kappa shape index (κ3) is 5.53. The van der Waals surface area contributed by atoms with Crippen LogP contribution in [0.1, 0.15) is 51.1 Å². The molecular formula is C19H28N4OS. The van der Waals surface area contributed by atoms with Crippen molar-refractivity contribution in [3.05, 3.63) is 46.0 Å². The van der Waals surface area contributed by atoms with Gasteiger partial charge in [0.2, 0.25) is 5.91 Å². The minimum absolute atomic E-state index is 0.0406. The zero-order valence-corrected chi connectivity index (χ0v) is 16.4. The number of benzene rings is 1. The maximum absolute atomic E-state index is 12.2. The van der Waals surface area contributed by atoms with Gasteiger partial charge < -0.3 is 5.32 Å². The zero-order chi connectivity index (χ0) is 18.4. The Morgan fingerprint density at radius 3 is 2.52 bits per heavy atom. The van der Waals surface area contributed by atoms with Crippen LogP contribution in [0.4, 0.5) is 0 Å². The molecule has 5 nitrogen and oxygen atoms in total. The van der Waals surface area contributed by atoms with Crippen LogP contribution in [0.3, 0.4) is 0 Å². The van der Waals surface area contributed by atoms with E-state index >= 15 is 0 Å². The van der Waals surface area contributed by atoms with Crippen molar-refractivity contribution >= 4 is 18.1 Å². The molecule has 0 unspecified atom stereocenters. The Balaban J connectivity index is 1.85. The van der Waals surface area contributed by atoms with Crippen LogP contribution in [0.5, 0.6) is 0 Å². The SMILES string of the molecule is CCCc1n[nH]c(=S)n1CC(=O)NCCc1ccc(C(C)(C)C)cc1. The fourth-order valence-electron chi connectivity index (χ4n) is 2.64. The topological polar surface area (TPSA) is 62.7 Å². The van der Waals surface area contributed by atoms with Crippen molar-refractivity contribution in [3.63, 3.8) is 0 Å². The van der Waals surface area contributed by atoms with Crippen LogP contribution in [0.15, 0.2) is 24.3 Å². The summed E-state index contributed by atoms with van der Waals surface area (Å²) in [5, 5.41) is 9.91. The Bertz CT molecular complexity index is 753. The molecular weight excluding hydrogens is 332 g/mol. The molecule has 2 rings (SSSR count). The Hall–Kier alpha value is -1.95. The minimum Gasteiger partial charge on any atom is -0.354 e. The van der Waals surface area contributed by atoms with Gasteiger partial charge in [-0.2, -0.15) is 5.10 Å². The average molecular weight is 361 g/mol. The summed E-state index contributed by atoms with van der Waals surface area (Å²) in [6.07, 6.45) is 2.58. The van der Waals surface area contributed by atoms with E-state index in [1.807, 2.05) is 0 Å². The first-order valence-electron chi connectivity index (χ1n) is 8.81. The molecule has 0 saturated heterocycles. The normalized spacial score (nSPS) is 11.5. The molecule has 0 radical (unpaired) electrons. The number of rotatable bonds is 7. The van der Waals surface area contributed by atoms with Crippen LogP contribution in [0.25, 0.3) is 0 Å². The van der Waals surface area contributed by atoms with Gasteiger partial charge in [0.1, 0.15) is 12.4 Å². The highest BCUT2D eigenvalue weighted by atomic mass is 32.1. The second-order valence-corrected chi connectivity index (χ2v) is 7.71. The first-order chi connectivity index (χ1) is 11.8. The minimum atomic E-state index is -0.0406. The number of H-pyrrole nitrogens is 1. The van der Waals surface area contributed by atoms with Crippen LogP contribution in [0, 0.1) is 4.77 Å². The lowest BCUT2D eigenvalue weighted by molar-refractivity contribution is -0.121. The van der Waals surface area contributed by atoms with Crippen LogP contribution < -0.4 is 5.32 Å². The first kappa shape index (κ1) is 19.4. The van der Waals surface area contributed by atoms with Crippen molar-refractivity contribution in [3.8, 4) is 0 Å². The number of aromatic amines is 1. The summed E-state index contributed by atoms with van der Waals surface area (Å²) >= 11 is 5.20. The van der Waals surface area contributed by atoms with Crippen molar-refractivity contribution in [2.45, 2.75) is 58.9 Å². The molecule has 0 fully saturated rings. The number of carbonyl (C=O) groups is 1. The van der Waals surface area contributed by atoms with Crippen LogP contribution in [-0.4, -0.2) is 27.2 Å². The van der Waals surface area contributed by atoms with Crippen molar-refractivity contribution in [1.82, 2.24) is 20.1 Å². The Morgan fingerprint density at radius 2 is 1.92 bits per heavy atom. The number of aryl methyl sites for hydroxylation is 1. The molecule has 0 bridgehead atoms. The molecule has 1 heterocycles. The fraction of sp³-hybridized carbons (Fsp3) is 0.526. The van der Waals surface area contributed by atoms with Gasteiger partial charge in [-0.1, -0.05) is 52.0 Å². The van der Waals surface area contributed by atoms with Crippen LogP contribution >= 0.6 is 12.2 Å². The molecule has 0 atom stereocenters. The molecule has 0 aliphatic heterocycles. The standard InChI is InChI=1S/C19H28N4OS/c1-5-6-16-21-22-18(25)23(16)13-17(24)20-12-11-14-7-9-15(10-8-14)19(2,3)4/h7-10H,5-6,11-13H2,1-4H3,(H,20,24)(H,22,25). The van der Waals surface area contributed by atoms with E-state index in [1.54, 1.807) is 4.57 Å². The van der Waals surface area contributed by atoms with Crippen molar-refractivity contribution in [1.29, 1.82) is 0 Å². The van der Waals surface area contributed by atoms with E-state index in [0.717, 1.165) is 25.1 Å². The molecule has 2 aromatic rings. The van der Waals surface area contributed by atoms with E-state index in [4.69, 9.17) is 12.2 Å². The molecule has 6 heteroatoms. The lowest BCUT2D eigenvalue weighted by Crippen LogP contribution is -2.30. The summed E-state index contributed by atoms with van der Waals surface area (Å²) in [7, 11) is 0. The number of nitrogens with zero attached hydrogens (tertiary/aromatic N) is 2. The van der Waals surface area contributed by atoms with E-state index in [0.29, 0.717) is 11.3 Å². The third-order valence-corrected chi connectivity index (χ3v) is 4.48. The maximum atomic E-state index is 12.2. The van der Waals surface area contributed by atoms with Crippen molar-refractivity contribution in [2.24, 2.45) is 0 Å². The summed E-state index contributed by atoms with van der Waals surface area (Å²) in [5.41, 5.74) is 2.70. The van der Waals surface area contributed by atoms with Gasteiger partial charge in [-0.15, -0.1) is 0 Å². The van der Waals surface area contributed by atoms with Crippen molar-refractivity contribution in [2.75, 3.05) is 6.54 Å². The molecule has 25 heavy (non-hydrogen) atoms. The lowest BCUT2D eigenvalue weighted by Gasteiger charge is -2.19. The Labute approximate surface area is 154 Å². The molecule has 1 amide bonds. The third-order valence-electron chi connectivity index (χ3n) is 4.17. The first-order valence-corrected chi connectivity index (χ1v) is 9.22. The predicted molar refractivity (Wildman–Crippen MR) is 103 cm³/mol. The fourth-order valence-corrected chi connectivity index (χ4v) is 2.86. The molecule has 0 aliphatic rings. The second-order valence-electron chi connectivity index (χ2n) is 7.33. The van der Waals surface area contributed by atoms with Gasteiger partial charge in [0, 0.05) is 13.0 Å². The summed E-state index contributed by atoms with van der Waals surface area (Å²) in [6.45, 7) is 9.52. The van der Waals surface area contributed by atoms with E-state index in [1.165, 1.54) is 11.1 Å². The smallest absolute Gasteiger partial charge is 0.240 e. The molecule has 2 N–H and O–H groups in total. The van der Waals surface area contributed by atoms with Crippen molar-refractivity contribution < 1.29 is 4.79 Å². The molecule has 0 saturated carbocycles. The quantitative estimate of drug-likeness (QED) is 0.742. The monoisotopic (exact) mass is 360 g/mol. The molecule has 1 aromatic heterocycles. The molecule has 136 valence electrons. The van der Waals surface area contributed by atoms with Crippen LogP contribution in [-0.2, 0) is 29.6 Å². The van der Waals surface area contributed by atoms with Crippen LogP contribution in [0.2, 0.25) is 0 Å². The number of hydrogen-bond donors (Lipinski definition) is 2. The number of nitrogens with one attached hydrogen (secondary N) is 2. The number of carbonyl (C=O) groups excluding carboxylic acids is 1. The van der Waals surface area contributed by atoms with Gasteiger partial charge in [0.25, 0.3) is 0 Å². The number of amides is 1. The average Bonchev–Trinajstić information content (AvgIpc) is 2.88. The largest absolute Gasteiger partial charge is 0.354 e. The van der Waals surface area contributed by atoms with Gasteiger partial charge in [-0.25, -0.2) is 0 Å². The maximum Gasteiger partial charge on any atom is 0.240 e. The van der Waals surface area contributed by atoms with Gasteiger partial charge in [0.05, 0.1) is 0 Å². The van der Waals surface area contributed by atoms with E-state index in [-0.39, 0.29) is 17.9 Å². The molecule has 1 aromatic carbocycles. The summed E-state index contributed by atoms with van der Waals surface area (Å²) < 4.78 is 2.27. The van der Waals surface area contributed by atoms with Gasteiger partial charge in [0.15, 0.2) is 4.77 Å². The van der Waals surface area contributed by atoms with Gasteiger partial charge in [-0.05, 0) is 41.6 Å². The van der Waals surface area contributed by atoms with Gasteiger partial charge in [-0.3, -0.25) is 14.5 Å². The Morgan fingerprint density at radius 1 is 1.24 bits per heavy atom. The number of aromatic nitrogens is 3. The Kier molecular flexibility index (Phi) is 6.53. The summed E-state index contributed by atoms with van der Waals surface area (Å²) in [5.74, 6) is 0.793. The molecule has 0 spiro atoms. The highest BCUT2D eigenvalue weighted by Crippen LogP contribution is 2.22. The highest BCUT2D eigenvalue weighted by molar-refractivity contribution is 7.71. The lowest BCUT2D eigenvalue weighted by atomic mass is 9.86. The number of hydrogen-bond acceptors (Lipinski definition) is 3. The molecule has 0 aliphatic carbocycles. The van der Waals surface area contributed by atoms with E-state index < -0.39 is 0 Å². The van der Waals surface area contributed by atoms with E-state index in [9.17, 15) is 4.79 Å². The predicted octanol–water partition coefficient (Wildman–Crippen LogP) is 3.55. The van der Waals surface area contributed by atoms with Gasteiger partial charge >= 0.3 is 0 Å².